The summed E-state index contributed by atoms with van der Waals surface area (Å²) < 4.78 is 0. The number of hydrogen-bond acceptors (Lipinski definition) is 3. The first-order valence-corrected chi connectivity index (χ1v) is 7.24. The zero-order chi connectivity index (χ0) is 15.2. The van der Waals surface area contributed by atoms with Gasteiger partial charge in [-0.2, -0.15) is 0 Å². The van der Waals surface area contributed by atoms with Crippen molar-refractivity contribution in [3.63, 3.8) is 0 Å². The highest BCUT2D eigenvalue weighted by Gasteiger charge is 2.20. The Balaban J connectivity index is 2.40. The Labute approximate surface area is 125 Å². The van der Waals surface area contributed by atoms with Crippen LogP contribution in [0.1, 0.15) is 29.8 Å². The topological polar surface area (TPSA) is 45.2 Å². The lowest BCUT2D eigenvalue weighted by Gasteiger charge is -2.24. The van der Waals surface area contributed by atoms with E-state index in [-0.39, 0.29) is 5.91 Å². The molecule has 0 aliphatic rings. The first kappa shape index (κ1) is 15.0. The molecular formula is C17H21N3O. The van der Waals surface area contributed by atoms with Gasteiger partial charge in [0, 0.05) is 31.2 Å². The molecule has 4 nitrogen and oxygen atoms in total. The average molecular weight is 283 g/mol. The fourth-order valence-corrected chi connectivity index (χ4v) is 2.34. The number of nitrogens with one attached hydrogen (secondary N) is 1. The van der Waals surface area contributed by atoms with E-state index in [1.165, 1.54) is 0 Å². The number of aryl methyl sites for hydroxylation is 1. The summed E-state index contributed by atoms with van der Waals surface area (Å²) in [5.74, 6) is -0.0316. The molecule has 110 valence electrons. The number of para-hydroxylation sites is 1. The lowest BCUT2D eigenvalue weighted by molar-refractivity contribution is 0.0988. The van der Waals surface area contributed by atoms with Crippen molar-refractivity contribution in [1.29, 1.82) is 0 Å². The van der Waals surface area contributed by atoms with Crippen molar-refractivity contribution >= 4 is 17.3 Å². The van der Waals surface area contributed by atoms with E-state index >= 15 is 0 Å². The van der Waals surface area contributed by atoms with Gasteiger partial charge in [0.25, 0.3) is 5.91 Å². The Kier molecular flexibility index (Phi) is 4.93. The number of anilines is 2. The average Bonchev–Trinajstić information content (AvgIpc) is 2.50. The molecular weight excluding hydrogens is 262 g/mol. The Morgan fingerprint density at radius 2 is 2.00 bits per heavy atom. The summed E-state index contributed by atoms with van der Waals surface area (Å²) in [6.45, 7) is 7.38. The minimum atomic E-state index is -0.0316. The molecule has 0 aliphatic carbocycles. The van der Waals surface area contributed by atoms with Crippen LogP contribution in [0.3, 0.4) is 0 Å². The summed E-state index contributed by atoms with van der Waals surface area (Å²) in [7, 11) is 0. The largest absolute Gasteiger partial charge is 0.385 e. The molecule has 21 heavy (non-hydrogen) atoms. The highest BCUT2D eigenvalue weighted by molar-refractivity contribution is 6.09. The van der Waals surface area contributed by atoms with E-state index in [1.807, 2.05) is 51.1 Å². The van der Waals surface area contributed by atoms with E-state index in [4.69, 9.17) is 0 Å². The third kappa shape index (κ3) is 3.21. The maximum Gasteiger partial charge on any atom is 0.261 e. The summed E-state index contributed by atoms with van der Waals surface area (Å²) in [4.78, 5) is 18.7. The molecule has 0 fully saturated rings. The van der Waals surface area contributed by atoms with Gasteiger partial charge >= 0.3 is 0 Å². The van der Waals surface area contributed by atoms with E-state index in [2.05, 4.69) is 10.3 Å². The molecule has 0 unspecified atom stereocenters. The van der Waals surface area contributed by atoms with Crippen molar-refractivity contribution in [2.45, 2.75) is 20.8 Å². The number of benzene rings is 1. The molecule has 0 aliphatic heterocycles. The normalized spacial score (nSPS) is 10.2. The second kappa shape index (κ2) is 6.88. The molecule has 1 aromatic heterocycles. The van der Waals surface area contributed by atoms with Gasteiger partial charge in [-0.05, 0) is 38.5 Å². The molecule has 0 radical (unpaired) electrons. The number of amides is 1. The van der Waals surface area contributed by atoms with Crippen LogP contribution in [0.25, 0.3) is 0 Å². The van der Waals surface area contributed by atoms with Gasteiger partial charge in [0.2, 0.25) is 0 Å². The van der Waals surface area contributed by atoms with Gasteiger partial charge in [-0.15, -0.1) is 0 Å². The van der Waals surface area contributed by atoms with E-state index in [0.29, 0.717) is 12.1 Å². The smallest absolute Gasteiger partial charge is 0.261 e. The van der Waals surface area contributed by atoms with Gasteiger partial charge in [-0.1, -0.05) is 18.2 Å². The number of pyridine rings is 1. The molecule has 0 saturated heterocycles. The second-order valence-electron chi connectivity index (χ2n) is 4.79. The minimum absolute atomic E-state index is 0.0316. The minimum Gasteiger partial charge on any atom is -0.385 e. The molecule has 0 bridgehead atoms. The summed E-state index contributed by atoms with van der Waals surface area (Å²) in [5.41, 5.74) is 3.45. The lowest BCUT2D eigenvalue weighted by atomic mass is 10.1. The highest BCUT2D eigenvalue weighted by atomic mass is 16.2. The van der Waals surface area contributed by atoms with Gasteiger partial charge in [-0.3, -0.25) is 9.78 Å². The lowest BCUT2D eigenvalue weighted by Crippen LogP contribution is -2.32. The summed E-state index contributed by atoms with van der Waals surface area (Å²) in [5, 5.41) is 3.21. The molecule has 1 amide bonds. The van der Waals surface area contributed by atoms with E-state index in [0.717, 1.165) is 23.5 Å². The van der Waals surface area contributed by atoms with Crippen LogP contribution in [0.15, 0.2) is 42.7 Å². The number of aromatic nitrogens is 1. The van der Waals surface area contributed by atoms with Crippen molar-refractivity contribution in [3.05, 3.63) is 53.9 Å². The van der Waals surface area contributed by atoms with Gasteiger partial charge in [0.05, 0.1) is 11.3 Å². The van der Waals surface area contributed by atoms with Crippen molar-refractivity contribution in [2.75, 3.05) is 23.3 Å². The summed E-state index contributed by atoms with van der Waals surface area (Å²) in [6.07, 6.45) is 3.32. The quantitative estimate of drug-likeness (QED) is 0.913. The van der Waals surface area contributed by atoms with Crippen LogP contribution in [0, 0.1) is 6.92 Å². The van der Waals surface area contributed by atoms with E-state index in [1.54, 1.807) is 17.3 Å². The zero-order valence-corrected chi connectivity index (χ0v) is 12.8. The van der Waals surface area contributed by atoms with E-state index < -0.39 is 0 Å². The fraction of sp³-hybridized carbons (Fsp3) is 0.294. The van der Waals surface area contributed by atoms with Crippen LogP contribution in [0.2, 0.25) is 0 Å². The molecule has 1 heterocycles. The monoisotopic (exact) mass is 283 g/mol. The van der Waals surface area contributed by atoms with Crippen LogP contribution in [-0.4, -0.2) is 24.0 Å². The van der Waals surface area contributed by atoms with Gasteiger partial charge < -0.3 is 10.2 Å². The Morgan fingerprint density at radius 3 is 2.67 bits per heavy atom. The molecule has 0 spiro atoms. The maximum atomic E-state index is 12.9. The maximum absolute atomic E-state index is 12.9. The zero-order valence-electron chi connectivity index (χ0n) is 12.8. The first-order valence-electron chi connectivity index (χ1n) is 7.24. The highest BCUT2D eigenvalue weighted by Crippen LogP contribution is 2.23. The second-order valence-corrected chi connectivity index (χ2v) is 4.79. The third-order valence-electron chi connectivity index (χ3n) is 3.39. The first-order chi connectivity index (χ1) is 10.2. The number of carbonyl (C=O) groups excluding carboxylic acids is 1. The summed E-state index contributed by atoms with van der Waals surface area (Å²) >= 11 is 0. The Bertz CT molecular complexity index is 625. The number of hydrogen-bond donors (Lipinski definition) is 1. The van der Waals surface area contributed by atoms with Crippen LogP contribution in [0.5, 0.6) is 0 Å². The molecule has 2 rings (SSSR count). The summed E-state index contributed by atoms with van der Waals surface area (Å²) in [6, 6.07) is 9.75. The van der Waals surface area contributed by atoms with Gasteiger partial charge in [0.15, 0.2) is 0 Å². The Morgan fingerprint density at radius 1 is 1.24 bits per heavy atom. The van der Waals surface area contributed by atoms with Crippen LogP contribution in [-0.2, 0) is 0 Å². The van der Waals surface area contributed by atoms with Crippen LogP contribution >= 0.6 is 0 Å². The van der Waals surface area contributed by atoms with Crippen molar-refractivity contribution in [1.82, 2.24) is 4.98 Å². The van der Waals surface area contributed by atoms with E-state index in [9.17, 15) is 4.79 Å². The molecule has 4 heteroatoms. The number of rotatable bonds is 5. The fourth-order valence-electron chi connectivity index (χ4n) is 2.34. The molecule has 0 atom stereocenters. The van der Waals surface area contributed by atoms with Crippen molar-refractivity contribution < 1.29 is 4.79 Å². The number of nitrogens with zero attached hydrogens (tertiary/aromatic N) is 2. The molecule has 1 N–H and O–H groups in total. The van der Waals surface area contributed by atoms with Crippen LogP contribution in [0.4, 0.5) is 11.4 Å². The number of carbonyl (C=O) groups is 1. The van der Waals surface area contributed by atoms with Crippen LogP contribution < -0.4 is 10.2 Å². The SMILES string of the molecule is CCNc1ccncc1C(=O)N(CC)c1ccccc1C. The molecule has 1 aromatic carbocycles. The van der Waals surface area contributed by atoms with Gasteiger partial charge in [0.1, 0.15) is 0 Å². The molecule has 2 aromatic rings. The predicted octanol–water partition coefficient (Wildman–Crippen LogP) is 3.49. The van der Waals surface area contributed by atoms with Gasteiger partial charge in [-0.25, -0.2) is 0 Å². The Hall–Kier alpha value is -2.36. The van der Waals surface area contributed by atoms with Crippen molar-refractivity contribution in [3.8, 4) is 0 Å². The predicted molar refractivity (Wildman–Crippen MR) is 86.9 cm³/mol. The van der Waals surface area contributed by atoms with Crippen molar-refractivity contribution in [2.24, 2.45) is 0 Å². The molecule has 0 saturated carbocycles. The third-order valence-corrected chi connectivity index (χ3v) is 3.39. The standard InChI is InChI=1S/C17H21N3O/c1-4-19-15-10-11-18-12-14(15)17(21)20(5-2)16-9-7-6-8-13(16)3/h6-12H,4-5H2,1-3H3,(H,18,19).